The number of benzene rings is 1. The highest BCUT2D eigenvalue weighted by atomic mass is 35.5. The van der Waals surface area contributed by atoms with Crippen molar-refractivity contribution in [2.75, 3.05) is 0 Å². The summed E-state index contributed by atoms with van der Waals surface area (Å²) < 4.78 is 0. The summed E-state index contributed by atoms with van der Waals surface area (Å²) in [5.41, 5.74) is 0.516. The van der Waals surface area contributed by atoms with Crippen molar-refractivity contribution in [3.63, 3.8) is 0 Å². The molecule has 0 radical (unpaired) electrons. The van der Waals surface area contributed by atoms with Crippen molar-refractivity contribution in [2.45, 2.75) is 44.6 Å². The normalized spacial score (nSPS) is 16.2. The summed E-state index contributed by atoms with van der Waals surface area (Å²) in [6.45, 7) is 0. The highest BCUT2D eigenvalue weighted by molar-refractivity contribution is 7.80. The molecule has 0 atom stereocenters. The van der Waals surface area contributed by atoms with Crippen molar-refractivity contribution < 1.29 is 4.79 Å². The van der Waals surface area contributed by atoms with Crippen molar-refractivity contribution in [1.29, 1.82) is 0 Å². The molecule has 0 spiro atoms. The smallest absolute Gasteiger partial charge is 0.257 e. The largest absolute Gasteiger partial charge is 0.360 e. The molecule has 1 aromatic carbocycles. The number of nitrogens with one attached hydrogen (secondary N) is 2. The van der Waals surface area contributed by atoms with E-state index >= 15 is 0 Å². The second kappa shape index (κ2) is 7.60. The van der Waals surface area contributed by atoms with Gasteiger partial charge in [-0.2, -0.15) is 0 Å². The summed E-state index contributed by atoms with van der Waals surface area (Å²) in [4.78, 5) is 12.0. The zero-order valence-electron chi connectivity index (χ0n) is 11.3. The van der Waals surface area contributed by atoms with Crippen molar-refractivity contribution in [3.05, 3.63) is 34.9 Å². The van der Waals surface area contributed by atoms with Gasteiger partial charge >= 0.3 is 0 Å². The molecule has 0 bridgehead atoms. The lowest BCUT2D eigenvalue weighted by Crippen LogP contribution is -2.44. The van der Waals surface area contributed by atoms with Crippen LogP contribution in [0.4, 0.5) is 0 Å². The Bertz CT molecular complexity index is 485. The third-order valence-corrected chi connectivity index (χ3v) is 3.96. The Hall–Kier alpha value is -1.13. The topological polar surface area (TPSA) is 41.1 Å². The van der Waals surface area contributed by atoms with Crippen LogP contribution in [0.25, 0.3) is 0 Å². The molecule has 2 N–H and O–H groups in total. The van der Waals surface area contributed by atoms with E-state index in [9.17, 15) is 4.79 Å². The number of hydrogen-bond donors (Lipinski definition) is 2. The van der Waals surface area contributed by atoms with Gasteiger partial charge in [0.05, 0.1) is 0 Å². The van der Waals surface area contributed by atoms with Gasteiger partial charge in [-0.1, -0.05) is 43.4 Å². The fourth-order valence-corrected chi connectivity index (χ4v) is 2.90. The third kappa shape index (κ3) is 4.76. The van der Waals surface area contributed by atoms with E-state index in [0.29, 0.717) is 21.7 Å². The molecule has 0 heterocycles. The lowest BCUT2D eigenvalue weighted by molar-refractivity contribution is 0.0976. The van der Waals surface area contributed by atoms with Gasteiger partial charge in [0, 0.05) is 16.6 Å². The van der Waals surface area contributed by atoms with Gasteiger partial charge in [-0.05, 0) is 43.3 Å². The summed E-state index contributed by atoms with van der Waals surface area (Å²) in [5.74, 6) is -0.223. The van der Waals surface area contributed by atoms with Crippen LogP contribution < -0.4 is 10.6 Å². The standard InChI is InChI=1S/C15H19ClN2OS/c16-12-7-5-6-11(10-12)14(19)18-15(20)17-13-8-3-1-2-4-9-13/h5-7,10,13H,1-4,8-9H2,(H2,17,18,19,20). The van der Waals surface area contributed by atoms with Gasteiger partial charge < -0.3 is 5.32 Å². The highest BCUT2D eigenvalue weighted by Gasteiger charge is 2.14. The zero-order chi connectivity index (χ0) is 14.4. The van der Waals surface area contributed by atoms with Crippen LogP contribution in [0.15, 0.2) is 24.3 Å². The summed E-state index contributed by atoms with van der Waals surface area (Å²) in [6, 6.07) is 7.21. The van der Waals surface area contributed by atoms with Gasteiger partial charge in [0.1, 0.15) is 0 Å². The first kappa shape index (κ1) is 15.3. The molecule has 1 aliphatic rings. The molecule has 0 saturated heterocycles. The van der Waals surface area contributed by atoms with Crippen LogP contribution in [0.3, 0.4) is 0 Å². The van der Waals surface area contributed by atoms with Gasteiger partial charge in [-0.15, -0.1) is 0 Å². The van der Waals surface area contributed by atoms with E-state index in [-0.39, 0.29) is 5.91 Å². The SMILES string of the molecule is O=C(NC(=S)NC1CCCCCC1)c1cccc(Cl)c1. The molecule has 5 heteroatoms. The van der Waals surface area contributed by atoms with Crippen LogP contribution >= 0.6 is 23.8 Å². The van der Waals surface area contributed by atoms with Crippen LogP contribution in [0.2, 0.25) is 5.02 Å². The Morgan fingerprint density at radius 2 is 1.90 bits per heavy atom. The van der Waals surface area contributed by atoms with Crippen molar-refractivity contribution in [3.8, 4) is 0 Å². The minimum atomic E-state index is -0.223. The van der Waals surface area contributed by atoms with Crippen LogP contribution in [0.1, 0.15) is 48.9 Å². The van der Waals surface area contributed by atoms with Gasteiger partial charge in [-0.3, -0.25) is 10.1 Å². The van der Waals surface area contributed by atoms with E-state index in [1.807, 2.05) is 0 Å². The molecular weight excluding hydrogens is 292 g/mol. The number of rotatable bonds is 2. The van der Waals surface area contributed by atoms with E-state index in [1.54, 1.807) is 24.3 Å². The number of halogens is 1. The van der Waals surface area contributed by atoms with E-state index < -0.39 is 0 Å². The average molecular weight is 311 g/mol. The molecule has 1 aromatic rings. The predicted molar refractivity (Wildman–Crippen MR) is 86.1 cm³/mol. The number of carbonyl (C=O) groups excluding carboxylic acids is 1. The quantitative estimate of drug-likeness (QED) is 0.647. The van der Waals surface area contributed by atoms with E-state index in [1.165, 1.54) is 25.7 Å². The van der Waals surface area contributed by atoms with Crippen molar-refractivity contribution in [2.24, 2.45) is 0 Å². The molecule has 3 nitrogen and oxygen atoms in total. The van der Waals surface area contributed by atoms with E-state index in [0.717, 1.165) is 12.8 Å². The molecule has 2 rings (SSSR count). The minimum Gasteiger partial charge on any atom is -0.360 e. The Labute approximate surface area is 130 Å². The van der Waals surface area contributed by atoms with E-state index in [2.05, 4.69) is 10.6 Å². The van der Waals surface area contributed by atoms with Gasteiger partial charge in [0.2, 0.25) is 0 Å². The zero-order valence-corrected chi connectivity index (χ0v) is 12.9. The molecule has 0 aromatic heterocycles. The lowest BCUT2D eigenvalue weighted by atomic mass is 10.1. The first-order valence-corrected chi connectivity index (χ1v) is 7.81. The number of thiocarbonyl (C=S) groups is 1. The maximum absolute atomic E-state index is 12.0. The second-order valence-corrected chi connectivity index (χ2v) is 5.97. The molecular formula is C15H19ClN2OS. The molecule has 1 aliphatic carbocycles. The van der Waals surface area contributed by atoms with Crippen LogP contribution in [0, 0.1) is 0 Å². The van der Waals surface area contributed by atoms with Crippen LogP contribution in [0.5, 0.6) is 0 Å². The molecule has 108 valence electrons. The maximum Gasteiger partial charge on any atom is 0.257 e. The van der Waals surface area contributed by atoms with Crippen molar-refractivity contribution >= 4 is 34.8 Å². The maximum atomic E-state index is 12.0. The average Bonchev–Trinajstić information content (AvgIpc) is 2.67. The Kier molecular flexibility index (Phi) is 5.80. The third-order valence-electron chi connectivity index (χ3n) is 3.50. The Balaban J connectivity index is 1.86. The van der Waals surface area contributed by atoms with Crippen LogP contribution in [-0.4, -0.2) is 17.1 Å². The van der Waals surface area contributed by atoms with Crippen molar-refractivity contribution in [1.82, 2.24) is 10.6 Å². The van der Waals surface area contributed by atoms with E-state index in [4.69, 9.17) is 23.8 Å². The molecule has 1 saturated carbocycles. The van der Waals surface area contributed by atoms with Gasteiger partial charge in [0.25, 0.3) is 5.91 Å². The fraction of sp³-hybridized carbons (Fsp3) is 0.467. The molecule has 0 unspecified atom stereocenters. The molecule has 1 fully saturated rings. The summed E-state index contributed by atoms with van der Waals surface area (Å²) >= 11 is 11.1. The Morgan fingerprint density at radius 1 is 1.20 bits per heavy atom. The summed E-state index contributed by atoms with van der Waals surface area (Å²) in [5, 5.41) is 6.90. The number of amides is 1. The first-order valence-electron chi connectivity index (χ1n) is 7.02. The first-order chi connectivity index (χ1) is 9.65. The second-order valence-electron chi connectivity index (χ2n) is 5.13. The van der Waals surface area contributed by atoms with Crippen LogP contribution in [-0.2, 0) is 0 Å². The predicted octanol–water partition coefficient (Wildman–Crippen LogP) is 3.67. The molecule has 1 amide bonds. The Morgan fingerprint density at radius 3 is 2.55 bits per heavy atom. The number of carbonyl (C=O) groups is 1. The fourth-order valence-electron chi connectivity index (χ4n) is 2.45. The summed E-state index contributed by atoms with van der Waals surface area (Å²) in [6.07, 6.45) is 7.27. The number of hydrogen-bond acceptors (Lipinski definition) is 2. The minimum absolute atomic E-state index is 0.223. The molecule has 0 aliphatic heterocycles. The lowest BCUT2D eigenvalue weighted by Gasteiger charge is -2.18. The van der Waals surface area contributed by atoms with Gasteiger partial charge in [0.15, 0.2) is 5.11 Å². The molecule has 20 heavy (non-hydrogen) atoms. The highest BCUT2D eigenvalue weighted by Crippen LogP contribution is 2.17. The monoisotopic (exact) mass is 310 g/mol. The summed E-state index contributed by atoms with van der Waals surface area (Å²) in [7, 11) is 0. The van der Waals surface area contributed by atoms with Gasteiger partial charge in [-0.25, -0.2) is 0 Å².